The van der Waals surface area contributed by atoms with E-state index in [-0.39, 0.29) is 0 Å². The molecule has 4 heteroatoms. The van der Waals surface area contributed by atoms with Gasteiger partial charge in [0.2, 0.25) is 0 Å². The lowest BCUT2D eigenvalue weighted by Gasteiger charge is -2.24. The molecule has 1 aromatic carbocycles. The summed E-state index contributed by atoms with van der Waals surface area (Å²) in [6, 6.07) is 10.3. The lowest BCUT2D eigenvalue weighted by atomic mass is 10.1. The fourth-order valence-electron chi connectivity index (χ4n) is 2.45. The van der Waals surface area contributed by atoms with E-state index in [0.717, 1.165) is 17.8 Å². The third kappa shape index (κ3) is 3.39. The van der Waals surface area contributed by atoms with Gasteiger partial charge in [-0.3, -0.25) is 4.90 Å². The van der Waals surface area contributed by atoms with E-state index in [1.54, 1.807) is 11.3 Å². The molecule has 0 saturated heterocycles. The van der Waals surface area contributed by atoms with Crippen molar-refractivity contribution in [2.45, 2.75) is 31.5 Å². The van der Waals surface area contributed by atoms with Gasteiger partial charge < -0.3 is 10.8 Å². The van der Waals surface area contributed by atoms with Gasteiger partial charge in [0.05, 0.1) is 6.10 Å². The van der Waals surface area contributed by atoms with E-state index in [0.29, 0.717) is 12.6 Å². The van der Waals surface area contributed by atoms with Crippen LogP contribution in [-0.2, 0) is 6.54 Å². The zero-order valence-corrected chi connectivity index (χ0v) is 12.2. The summed E-state index contributed by atoms with van der Waals surface area (Å²) in [5, 5.41) is 14.7. The van der Waals surface area contributed by atoms with E-state index in [1.165, 1.54) is 18.4 Å². The van der Waals surface area contributed by atoms with Crippen molar-refractivity contribution in [2.24, 2.45) is 0 Å². The summed E-state index contributed by atoms with van der Waals surface area (Å²) >= 11 is 1.73. The zero-order valence-electron chi connectivity index (χ0n) is 11.4. The minimum atomic E-state index is -0.449. The van der Waals surface area contributed by atoms with Crippen LogP contribution < -0.4 is 5.73 Å². The highest BCUT2D eigenvalue weighted by Crippen LogP contribution is 2.30. The molecule has 0 bridgehead atoms. The molecule has 1 saturated carbocycles. The smallest absolute Gasteiger partial charge is 0.0917 e. The molecule has 106 valence electrons. The fraction of sp³-hybridized carbons (Fsp3) is 0.375. The number of nitrogens with two attached hydrogens (primary N) is 1. The Hall–Kier alpha value is -1.36. The number of hydrogen-bond donors (Lipinski definition) is 2. The maximum atomic E-state index is 10.4. The number of aliphatic hydroxyl groups excluding tert-OH is 1. The summed E-state index contributed by atoms with van der Waals surface area (Å²) in [6.45, 7) is 1.62. The number of nitrogen functional groups attached to an aromatic ring is 1. The minimum absolute atomic E-state index is 0.449. The number of hydrogen-bond acceptors (Lipinski definition) is 4. The summed E-state index contributed by atoms with van der Waals surface area (Å²) in [7, 11) is 0. The van der Waals surface area contributed by atoms with Crippen LogP contribution in [0.5, 0.6) is 0 Å². The van der Waals surface area contributed by atoms with Crippen molar-refractivity contribution in [3.8, 4) is 0 Å². The van der Waals surface area contributed by atoms with Gasteiger partial charge in [-0.2, -0.15) is 11.3 Å². The molecular formula is C16H20N2OS. The lowest BCUT2D eigenvalue weighted by Crippen LogP contribution is -2.30. The molecule has 20 heavy (non-hydrogen) atoms. The van der Waals surface area contributed by atoms with Gasteiger partial charge in [0.25, 0.3) is 0 Å². The van der Waals surface area contributed by atoms with Gasteiger partial charge in [-0.1, -0.05) is 12.1 Å². The second kappa shape index (κ2) is 5.95. The van der Waals surface area contributed by atoms with Crippen LogP contribution in [-0.4, -0.2) is 22.6 Å². The standard InChI is InChI=1S/C16H20N2OS/c17-14-3-1-13(2-4-14)16(19)10-18(15-5-6-15)9-12-7-8-20-11-12/h1-4,7-8,11,15-16,19H,5-6,9-10,17H2. The first-order valence-corrected chi connectivity index (χ1v) is 7.95. The van der Waals surface area contributed by atoms with E-state index >= 15 is 0 Å². The summed E-state index contributed by atoms with van der Waals surface area (Å²) in [5.74, 6) is 0. The number of rotatable bonds is 6. The monoisotopic (exact) mass is 288 g/mol. The van der Waals surface area contributed by atoms with Crippen LogP contribution in [0, 0.1) is 0 Å². The quantitative estimate of drug-likeness (QED) is 0.803. The summed E-state index contributed by atoms with van der Waals surface area (Å²) in [6.07, 6.45) is 2.05. The van der Waals surface area contributed by atoms with Crippen molar-refractivity contribution in [1.29, 1.82) is 0 Å². The highest BCUT2D eigenvalue weighted by atomic mass is 32.1. The molecule has 0 radical (unpaired) electrons. The summed E-state index contributed by atoms with van der Waals surface area (Å²) in [4.78, 5) is 2.39. The van der Waals surface area contributed by atoms with Crippen molar-refractivity contribution in [3.63, 3.8) is 0 Å². The third-order valence-electron chi connectivity index (χ3n) is 3.76. The van der Waals surface area contributed by atoms with Crippen LogP contribution in [0.25, 0.3) is 0 Å². The second-order valence-corrected chi connectivity index (χ2v) is 6.25. The molecule has 0 amide bonds. The Morgan fingerprint density at radius 3 is 2.60 bits per heavy atom. The molecule has 1 aliphatic rings. The van der Waals surface area contributed by atoms with Crippen molar-refractivity contribution in [2.75, 3.05) is 12.3 Å². The van der Waals surface area contributed by atoms with E-state index in [9.17, 15) is 5.11 Å². The molecule has 3 N–H and O–H groups in total. The number of aliphatic hydroxyl groups is 1. The molecule has 1 heterocycles. The van der Waals surface area contributed by atoms with Gasteiger partial charge in [-0.25, -0.2) is 0 Å². The van der Waals surface area contributed by atoms with Gasteiger partial charge in [-0.15, -0.1) is 0 Å². The van der Waals surface area contributed by atoms with Crippen molar-refractivity contribution in [1.82, 2.24) is 4.90 Å². The van der Waals surface area contributed by atoms with Crippen LogP contribution in [0.2, 0.25) is 0 Å². The highest BCUT2D eigenvalue weighted by Gasteiger charge is 2.30. The predicted molar refractivity (Wildman–Crippen MR) is 83.6 cm³/mol. The minimum Gasteiger partial charge on any atom is -0.399 e. The number of anilines is 1. The Balaban J connectivity index is 1.65. The Bertz CT molecular complexity index is 534. The zero-order chi connectivity index (χ0) is 13.9. The van der Waals surface area contributed by atoms with E-state index in [1.807, 2.05) is 24.3 Å². The first-order valence-electron chi connectivity index (χ1n) is 7.01. The molecule has 3 nitrogen and oxygen atoms in total. The number of thiophene rings is 1. The van der Waals surface area contributed by atoms with Gasteiger partial charge >= 0.3 is 0 Å². The fourth-order valence-corrected chi connectivity index (χ4v) is 3.11. The average Bonchev–Trinajstić information content (AvgIpc) is 3.17. The topological polar surface area (TPSA) is 49.5 Å². The maximum absolute atomic E-state index is 10.4. The predicted octanol–water partition coefficient (Wildman–Crippen LogP) is 3.03. The third-order valence-corrected chi connectivity index (χ3v) is 4.49. The molecular weight excluding hydrogens is 268 g/mol. The Labute approximate surface area is 123 Å². The maximum Gasteiger partial charge on any atom is 0.0917 e. The lowest BCUT2D eigenvalue weighted by molar-refractivity contribution is 0.104. The second-order valence-electron chi connectivity index (χ2n) is 5.47. The number of nitrogens with zero attached hydrogens (tertiary/aromatic N) is 1. The van der Waals surface area contributed by atoms with Gasteiger partial charge in [-0.05, 0) is 52.9 Å². The van der Waals surface area contributed by atoms with Crippen LogP contribution in [0.3, 0.4) is 0 Å². The summed E-state index contributed by atoms with van der Waals surface area (Å²) < 4.78 is 0. The Morgan fingerprint density at radius 1 is 1.25 bits per heavy atom. The van der Waals surface area contributed by atoms with E-state index in [2.05, 4.69) is 21.7 Å². The van der Waals surface area contributed by atoms with Gasteiger partial charge in [0.15, 0.2) is 0 Å². The SMILES string of the molecule is Nc1ccc(C(O)CN(Cc2ccsc2)C2CC2)cc1. The molecule has 3 rings (SSSR count). The normalized spacial score (nSPS) is 16.5. The first kappa shape index (κ1) is 13.6. The number of benzene rings is 1. The van der Waals surface area contributed by atoms with Crippen molar-refractivity contribution >= 4 is 17.0 Å². The van der Waals surface area contributed by atoms with Crippen LogP contribution in [0.15, 0.2) is 41.1 Å². The molecule has 1 aromatic heterocycles. The summed E-state index contributed by atoms with van der Waals surface area (Å²) in [5.41, 5.74) is 8.70. The average molecular weight is 288 g/mol. The molecule has 0 aliphatic heterocycles. The molecule has 1 fully saturated rings. The van der Waals surface area contributed by atoms with Crippen LogP contribution >= 0.6 is 11.3 Å². The molecule has 2 aromatic rings. The van der Waals surface area contributed by atoms with Crippen LogP contribution in [0.1, 0.15) is 30.1 Å². The van der Waals surface area contributed by atoms with E-state index in [4.69, 9.17) is 5.73 Å². The Morgan fingerprint density at radius 2 is 2.00 bits per heavy atom. The van der Waals surface area contributed by atoms with Crippen molar-refractivity contribution in [3.05, 3.63) is 52.2 Å². The van der Waals surface area contributed by atoms with Gasteiger partial charge in [0.1, 0.15) is 0 Å². The first-order chi connectivity index (χ1) is 9.72. The molecule has 1 atom stereocenters. The largest absolute Gasteiger partial charge is 0.399 e. The molecule has 0 spiro atoms. The van der Waals surface area contributed by atoms with Gasteiger partial charge in [0, 0.05) is 24.8 Å². The molecule has 1 aliphatic carbocycles. The van der Waals surface area contributed by atoms with E-state index < -0.39 is 6.10 Å². The highest BCUT2D eigenvalue weighted by molar-refractivity contribution is 7.07. The van der Waals surface area contributed by atoms with Crippen LogP contribution in [0.4, 0.5) is 5.69 Å². The molecule has 1 unspecified atom stereocenters. The Kier molecular flexibility index (Phi) is 4.05. The van der Waals surface area contributed by atoms with Crippen molar-refractivity contribution < 1.29 is 5.11 Å².